The molecule has 0 aliphatic heterocycles. The first-order chi connectivity index (χ1) is 8.51. The van der Waals surface area contributed by atoms with Crippen LogP contribution in [-0.4, -0.2) is 24.1 Å². The molecule has 0 heterocycles. The summed E-state index contributed by atoms with van der Waals surface area (Å²) in [6.45, 7) is 11.7. The van der Waals surface area contributed by atoms with Gasteiger partial charge in [-0.25, -0.2) is 5.84 Å². The Morgan fingerprint density at radius 1 is 1.50 bits per heavy atom. The highest BCUT2D eigenvalue weighted by Crippen LogP contribution is 2.37. The number of nitrogens with zero attached hydrogens (tertiary/aromatic N) is 2. The van der Waals surface area contributed by atoms with Crippen LogP contribution in [0.15, 0.2) is 39.9 Å². The second-order valence-electron chi connectivity index (χ2n) is 4.51. The average Bonchev–Trinajstić information content (AvgIpc) is 3.12. The molecule has 0 bridgehead atoms. The maximum Gasteiger partial charge on any atom is 0.104 e. The average molecular weight is 263 g/mol. The van der Waals surface area contributed by atoms with Gasteiger partial charge < -0.3 is 5.01 Å². The Morgan fingerprint density at radius 3 is 2.50 bits per heavy atom. The van der Waals surface area contributed by atoms with Crippen LogP contribution in [-0.2, 0) is 0 Å². The summed E-state index contributed by atoms with van der Waals surface area (Å²) < 4.78 is 0. The van der Waals surface area contributed by atoms with Crippen molar-refractivity contribution in [1.29, 1.82) is 0 Å². The molecule has 4 heteroatoms. The maximum absolute atomic E-state index is 5.93. The molecule has 1 aliphatic carbocycles. The fraction of sp³-hybridized carbons (Fsp3) is 0.429. The predicted octanol–water partition coefficient (Wildman–Crippen LogP) is 3.49. The molecule has 0 amide bonds. The van der Waals surface area contributed by atoms with Crippen molar-refractivity contribution in [2.24, 2.45) is 10.8 Å². The van der Waals surface area contributed by atoms with Crippen molar-refractivity contribution >= 4 is 20.2 Å². The van der Waals surface area contributed by atoms with Gasteiger partial charge in [-0.3, -0.25) is 4.99 Å². The first-order valence-corrected chi connectivity index (χ1v) is 6.94. The van der Waals surface area contributed by atoms with Crippen LogP contribution in [0.4, 0.5) is 0 Å². The molecule has 0 unspecified atom stereocenters. The molecule has 0 saturated heterocycles. The molecular formula is C14H22N3P. The molecule has 1 aliphatic rings. The van der Waals surface area contributed by atoms with Gasteiger partial charge in [0.2, 0.25) is 0 Å². The molecule has 1 rings (SSSR count). The summed E-state index contributed by atoms with van der Waals surface area (Å²) in [6, 6.07) is 0. The van der Waals surface area contributed by atoms with Gasteiger partial charge in [0, 0.05) is 7.05 Å². The number of hydrogen-bond acceptors (Lipinski definition) is 3. The summed E-state index contributed by atoms with van der Waals surface area (Å²) in [6.07, 6.45) is 5.15. The molecule has 2 N–H and O–H groups in total. The van der Waals surface area contributed by atoms with E-state index in [0.717, 1.165) is 25.8 Å². The minimum atomic E-state index is 0.888. The largest absolute Gasteiger partial charge is 0.308 e. The van der Waals surface area contributed by atoms with Gasteiger partial charge in [0.15, 0.2) is 0 Å². The van der Waals surface area contributed by atoms with E-state index in [1.807, 2.05) is 13.1 Å². The third kappa shape index (κ3) is 3.94. The molecule has 98 valence electrons. The molecule has 0 radical (unpaired) electrons. The third-order valence-electron chi connectivity index (χ3n) is 2.83. The molecule has 3 nitrogen and oxygen atoms in total. The summed E-state index contributed by atoms with van der Waals surface area (Å²) >= 11 is 0. The van der Waals surface area contributed by atoms with E-state index in [9.17, 15) is 0 Å². The van der Waals surface area contributed by atoms with E-state index in [4.69, 9.17) is 5.84 Å². The second kappa shape index (κ2) is 6.67. The van der Waals surface area contributed by atoms with Crippen LogP contribution >= 0.6 is 8.20 Å². The van der Waals surface area contributed by atoms with Gasteiger partial charge >= 0.3 is 0 Å². The zero-order chi connectivity index (χ0) is 13.7. The van der Waals surface area contributed by atoms with E-state index in [2.05, 4.69) is 32.1 Å². The van der Waals surface area contributed by atoms with Gasteiger partial charge in [0.1, 0.15) is 5.44 Å². The van der Waals surface area contributed by atoms with E-state index in [1.54, 1.807) is 5.01 Å². The van der Waals surface area contributed by atoms with Crippen molar-refractivity contribution in [2.45, 2.75) is 33.1 Å². The maximum atomic E-state index is 5.93. The molecule has 1 saturated carbocycles. The van der Waals surface area contributed by atoms with E-state index in [0.29, 0.717) is 0 Å². The van der Waals surface area contributed by atoms with Gasteiger partial charge in [0.05, 0.1) is 5.70 Å². The Kier molecular flexibility index (Phi) is 5.52. The van der Waals surface area contributed by atoms with Crippen LogP contribution in [0.2, 0.25) is 0 Å². The Bertz CT molecular complexity index is 436. The SMILES string of the molecule is C=CCC(C)=P/C(=C(/N=C)C(C)=C1CC1)N(C)N. The van der Waals surface area contributed by atoms with Crippen LogP contribution < -0.4 is 5.84 Å². The summed E-state index contributed by atoms with van der Waals surface area (Å²) in [4.78, 5) is 4.19. The first-order valence-electron chi connectivity index (χ1n) is 6.04. The van der Waals surface area contributed by atoms with Gasteiger partial charge in [0.25, 0.3) is 0 Å². The van der Waals surface area contributed by atoms with Gasteiger partial charge in [-0.05, 0) is 58.9 Å². The number of hydrazine groups is 1. The minimum Gasteiger partial charge on any atom is -0.308 e. The van der Waals surface area contributed by atoms with Gasteiger partial charge in [-0.2, -0.15) is 0 Å². The van der Waals surface area contributed by atoms with Crippen molar-refractivity contribution in [3.05, 3.63) is 34.9 Å². The van der Waals surface area contributed by atoms with Crippen molar-refractivity contribution < 1.29 is 0 Å². The lowest BCUT2D eigenvalue weighted by atomic mass is 10.2. The molecule has 0 aromatic carbocycles. The highest BCUT2D eigenvalue weighted by molar-refractivity contribution is 7.45. The zero-order valence-electron chi connectivity index (χ0n) is 11.5. The van der Waals surface area contributed by atoms with Crippen LogP contribution in [0.3, 0.4) is 0 Å². The lowest BCUT2D eigenvalue weighted by Gasteiger charge is -2.17. The summed E-state index contributed by atoms with van der Waals surface area (Å²) in [7, 11) is 2.94. The van der Waals surface area contributed by atoms with Crippen molar-refractivity contribution in [2.75, 3.05) is 7.05 Å². The molecular weight excluding hydrogens is 241 g/mol. The highest BCUT2D eigenvalue weighted by Gasteiger charge is 2.19. The Hall–Kier alpha value is -1.18. The predicted molar refractivity (Wildman–Crippen MR) is 82.9 cm³/mol. The number of allylic oxidation sites excluding steroid dienone is 3. The normalized spacial score (nSPS) is 16.0. The quantitative estimate of drug-likeness (QED) is 0.262. The molecule has 18 heavy (non-hydrogen) atoms. The summed E-state index contributed by atoms with van der Waals surface area (Å²) in [5, 5.41) is 2.94. The van der Waals surface area contributed by atoms with E-state index in [1.165, 1.54) is 29.3 Å². The van der Waals surface area contributed by atoms with E-state index >= 15 is 0 Å². The van der Waals surface area contributed by atoms with E-state index < -0.39 is 0 Å². The lowest BCUT2D eigenvalue weighted by molar-refractivity contribution is 0.468. The van der Waals surface area contributed by atoms with Crippen LogP contribution in [0, 0.1) is 0 Å². The van der Waals surface area contributed by atoms with E-state index in [-0.39, 0.29) is 0 Å². The zero-order valence-corrected chi connectivity index (χ0v) is 12.4. The van der Waals surface area contributed by atoms with Crippen LogP contribution in [0.25, 0.3) is 0 Å². The van der Waals surface area contributed by atoms with Crippen LogP contribution in [0.1, 0.15) is 33.1 Å². The molecule has 0 aromatic rings. The van der Waals surface area contributed by atoms with Crippen molar-refractivity contribution in [3.63, 3.8) is 0 Å². The van der Waals surface area contributed by atoms with Crippen molar-refractivity contribution in [1.82, 2.24) is 5.01 Å². The fourth-order valence-corrected chi connectivity index (χ4v) is 2.78. The second-order valence-corrected chi connectivity index (χ2v) is 5.92. The number of hydrogen-bond donors (Lipinski definition) is 1. The number of aliphatic imine (C=N–C) groups is 1. The smallest absolute Gasteiger partial charge is 0.104 e. The number of rotatable bonds is 6. The number of nitrogens with two attached hydrogens (primary N) is 1. The summed E-state index contributed by atoms with van der Waals surface area (Å²) in [5.41, 5.74) is 4.63. The molecule has 0 atom stereocenters. The van der Waals surface area contributed by atoms with Gasteiger partial charge in [-0.15, -0.1) is 6.58 Å². The van der Waals surface area contributed by atoms with Crippen LogP contribution in [0.5, 0.6) is 0 Å². The van der Waals surface area contributed by atoms with Gasteiger partial charge in [-0.1, -0.05) is 11.6 Å². The first kappa shape index (κ1) is 14.9. The fourth-order valence-electron chi connectivity index (χ4n) is 1.70. The van der Waals surface area contributed by atoms with Crippen molar-refractivity contribution in [3.8, 4) is 0 Å². The molecule has 0 spiro atoms. The Labute approximate surface area is 112 Å². The molecule has 1 fully saturated rings. The topological polar surface area (TPSA) is 41.6 Å². The standard InChI is InChI=1S/C14H22N3P/c1-6-7-10(2)18-14(17(5)15)13(16-4)11(3)12-8-9-12/h6H,1,4,7-9,15H2,2-3,5H3/b14-13+. The minimum absolute atomic E-state index is 0.888. The monoisotopic (exact) mass is 263 g/mol. The third-order valence-corrected chi connectivity index (χ3v) is 4.13. The molecule has 0 aromatic heterocycles. The summed E-state index contributed by atoms with van der Waals surface area (Å²) in [5.74, 6) is 5.93. The Balaban J connectivity index is 3.22. The lowest BCUT2D eigenvalue weighted by Crippen LogP contribution is -2.24. The highest BCUT2D eigenvalue weighted by atomic mass is 31.1. The Morgan fingerprint density at radius 2 is 2.11 bits per heavy atom.